The van der Waals surface area contributed by atoms with Gasteiger partial charge in [0.15, 0.2) is 6.61 Å². The van der Waals surface area contributed by atoms with Gasteiger partial charge in [-0.25, -0.2) is 0 Å². The average Bonchev–Trinajstić information content (AvgIpc) is 2.15. The number of rotatable bonds is 4. The number of nitrogens with one attached hydrogen (secondary N) is 1. The zero-order valence-electron chi connectivity index (χ0n) is 10.7. The second kappa shape index (κ2) is 6.05. The van der Waals surface area contributed by atoms with Crippen molar-refractivity contribution in [2.75, 3.05) is 6.61 Å². The standard InChI is InChI=1S/C12H22F3NO/c1-8(2)10-5-4-9(3)6-11(10)16-17-7-12(13,14)15/h8-11,16H,4-7H2,1-3H3. The second-order valence-corrected chi connectivity index (χ2v) is 5.45. The van der Waals surface area contributed by atoms with E-state index in [2.05, 4.69) is 31.1 Å². The minimum atomic E-state index is -4.26. The molecule has 0 aromatic rings. The second-order valence-electron chi connectivity index (χ2n) is 5.45. The predicted molar refractivity (Wildman–Crippen MR) is 60.3 cm³/mol. The molecule has 1 N–H and O–H groups in total. The zero-order valence-corrected chi connectivity index (χ0v) is 10.7. The van der Waals surface area contributed by atoms with E-state index in [1.54, 1.807) is 0 Å². The van der Waals surface area contributed by atoms with E-state index in [0.29, 0.717) is 17.8 Å². The van der Waals surface area contributed by atoms with Crippen molar-refractivity contribution in [1.29, 1.82) is 0 Å². The highest BCUT2D eigenvalue weighted by molar-refractivity contribution is 4.83. The summed E-state index contributed by atoms with van der Waals surface area (Å²) in [7, 11) is 0. The van der Waals surface area contributed by atoms with Crippen LogP contribution in [0.15, 0.2) is 0 Å². The monoisotopic (exact) mass is 253 g/mol. The molecule has 1 aliphatic rings. The fourth-order valence-electron chi connectivity index (χ4n) is 2.57. The summed E-state index contributed by atoms with van der Waals surface area (Å²) in [6.45, 7) is 5.13. The molecule has 1 aliphatic carbocycles. The summed E-state index contributed by atoms with van der Waals surface area (Å²) in [4.78, 5) is 4.59. The van der Waals surface area contributed by atoms with Crippen LogP contribution >= 0.6 is 0 Å². The minimum absolute atomic E-state index is 0.0427. The maximum absolute atomic E-state index is 12.0. The number of hydrogen-bond acceptors (Lipinski definition) is 2. The molecule has 0 aromatic heterocycles. The molecule has 0 saturated heterocycles. The first kappa shape index (κ1) is 14.8. The third-order valence-electron chi connectivity index (χ3n) is 3.49. The first-order chi connectivity index (χ1) is 7.79. The van der Waals surface area contributed by atoms with Crippen LogP contribution in [0.5, 0.6) is 0 Å². The van der Waals surface area contributed by atoms with E-state index in [1.165, 1.54) is 0 Å². The van der Waals surface area contributed by atoms with Gasteiger partial charge in [-0.1, -0.05) is 27.2 Å². The van der Waals surface area contributed by atoms with E-state index in [-0.39, 0.29) is 6.04 Å². The van der Waals surface area contributed by atoms with Crippen LogP contribution in [0.2, 0.25) is 0 Å². The van der Waals surface area contributed by atoms with Crippen LogP contribution in [-0.2, 0) is 4.84 Å². The molecule has 0 radical (unpaired) electrons. The normalized spacial score (nSPS) is 30.9. The summed E-state index contributed by atoms with van der Waals surface area (Å²) in [5.74, 6) is 1.42. The molecule has 0 heterocycles. The van der Waals surface area contributed by atoms with Gasteiger partial charge < -0.3 is 0 Å². The topological polar surface area (TPSA) is 21.3 Å². The van der Waals surface area contributed by atoms with Crippen molar-refractivity contribution in [2.24, 2.45) is 17.8 Å². The van der Waals surface area contributed by atoms with Crippen molar-refractivity contribution in [3.05, 3.63) is 0 Å². The summed E-state index contributed by atoms with van der Waals surface area (Å²) >= 11 is 0. The van der Waals surface area contributed by atoms with Gasteiger partial charge in [-0.2, -0.15) is 18.7 Å². The van der Waals surface area contributed by atoms with E-state index in [0.717, 1.165) is 19.3 Å². The largest absolute Gasteiger partial charge is 0.413 e. The number of alkyl halides is 3. The SMILES string of the molecule is CC1CCC(C(C)C)C(NOCC(F)(F)F)C1. The molecule has 0 aliphatic heterocycles. The van der Waals surface area contributed by atoms with E-state index >= 15 is 0 Å². The molecule has 2 nitrogen and oxygen atoms in total. The Hall–Kier alpha value is -0.290. The third-order valence-corrected chi connectivity index (χ3v) is 3.49. The van der Waals surface area contributed by atoms with Crippen LogP contribution in [0, 0.1) is 17.8 Å². The van der Waals surface area contributed by atoms with Crippen molar-refractivity contribution in [2.45, 2.75) is 52.3 Å². The lowest BCUT2D eigenvalue weighted by molar-refractivity contribution is -0.196. The highest BCUT2D eigenvalue weighted by atomic mass is 19.4. The van der Waals surface area contributed by atoms with Crippen LogP contribution in [-0.4, -0.2) is 18.8 Å². The van der Waals surface area contributed by atoms with Crippen LogP contribution in [0.25, 0.3) is 0 Å². The minimum Gasteiger partial charge on any atom is -0.292 e. The molecule has 1 rings (SSSR count). The molecule has 102 valence electrons. The quantitative estimate of drug-likeness (QED) is 0.774. The smallest absolute Gasteiger partial charge is 0.292 e. The first-order valence-electron chi connectivity index (χ1n) is 6.23. The van der Waals surface area contributed by atoms with Gasteiger partial charge in [-0.3, -0.25) is 4.84 Å². The van der Waals surface area contributed by atoms with Gasteiger partial charge >= 0.3 is 6.18 Å². The third kappa shape index (κ3) is 5.25. The lowest BCUT2D eigenvalue weighted by Gasteiger charge is -2.37. The molecule has 0 amide bonds. The van der Waals surface area contributed by atoms with Crippen molar-refractivity contribution < 1.29 is 18.0 Å². The maximum Gasteiger partial charge on any atom is 0.413 e. The van der Waals surface area contributed by atoms with Crippen LogP contribution in [0.1, 0.15) is 40.0 Å². The van der Waals surface area contributed by atoms with Gasteiger partial charge in [0.2, 0.25) is 0 Å². The van der Waals surface area contributed by atoms with E-state index in [9.17, 15) is 13.2 Å². The van der Waals surface area contributed by atoms with Crippen LogP contribution < -0.4 is 5.48 Å². The van der Waals surface area contributed by atoms with Crippen molar-refractivity contribution >= 4 is 0 Å². The number of hydroxylamine groups is 1. The Kier molecular flexibility index (Phi) is 5.25. The van der Waals surface area contributed by atoms with Gasteiger partial charge in [-0.05, 0) is 30.6 Å². The molecule has 17 heavy (non-hydrogen) atoms. The summed E-state index contributed by atoms with van der Waals surface area (Å²) in [5, 5.41) is 0. The molecule has 0 spiro atoms. The summed E-state index contributed by atoms with van der Waals surface area (Å²) < 4.78 is 35.9. The highest BCUT2D eigenvalue weighted by Gasteiger charge is 2.33. The molecule has 3 unspecified atom stereocenters. The summed E-state index contributed by atoms with van der Waals surface area (Å²) in [5.41, 5.74) is 2.62. The molecule has 0 bridgehead atoms. The average molecular weight is 253 g/mol. The highest BCUT2D eigenvalue weighted by Crippen LogP contribution is 2.33. The Morgan fingerprint density at radius 2 is 1.94 bits per heavy atom. The Labute approximate surface area is 101 Å². The first-order valence-corrected chi connectivity index (χ1v) is 6.23. The van der Waals surface area contributed by atoms with Gasteiger partial charge in [0, 0.05) is 6.04 Å². The van der Waals surface area contributed by atoms with Crippen molar-refractivity contribution in [1.82, 2.24) is 5.48 Å². The van der Waals surface area contributed by atoms with E-state index in [1.807, 2.05) is 0 Å². The Morgan fingerprint density at radius 3 is 2.47 bits per heavy atom. The molecule has 1 fully saturated rings. The Morgan fingerprint density at radius 1 is 1.29 bits per heavy atom. The van der Waals surface area contributed by atoms with Crippen molar-refractivity contribution in [3.8, 4) is 0 Å². The summed E-state index contributed by atoms with van der Waals surface area (Å²) in [6.07, 6.45) is -1.16. The molecule has 1 saturated carbocycles. The number of halogens is 3. The van der Waals surface area contributed by atoms with E-state index in [4.69, 9.17) is 0 Å². The molecule has 3 atom stereocenters. The molecule has 0 aromatic carbocycles. The molecule has 5 heteroatoms. The van der Waals surface area contributed by atoms with Gasteiger partial charge in [0.25, 0.3) is 0 Å². The van der Waals surface area contributed by atoms with Gasteiger partial charge in [0.05, 0.1) is 0 Å². The molecular weight excluding hydrogens is 231 g/mol. The Balaban J connectivity index is 2.41. The van der Waals surface area contributed by atoms with Crippen LogP contribution in [0.4, 0.5) is 13.2 Å². The van der Waals surface area contributed by atoms with Gasteiger partial charge in [0.1, 0.15) is 0 Å². The maximum atomic E-state index is 12.0. The fourth-order valence-corrected chi connectivity index (χ4v) is 2.57. The van der Waals surface area contributed by atoms with Crippen molar-refractivity contribution in [3.63, 3.8) is 0 Å². The predicted octanol–water partition coefficient (Wildman–Crippen LogP) is 3.53. The van der Waals surface area contributed by atoms with Crippen LogP contribution in [0.3, 0.4) is 0 Å². The fraction of sp³-hybridized carbons (Fsp3) is 1.00. The molecular formula is C12H22F3NO. The zero-order chi connectivity index (χ0) is 13.1. The lowest BCUT2D eigenvalue weighted by atomic mass is 9.74. The lowest BCUT2D eigenvalue weighted by Crippen LogP contribution is -2.43. The summed E-state index contributed by atoms with van der Waals surface area (Å²) in [6, 6.07) is 0.0427. The van der Waals surface area contributed by atoms with E-state index < -0.39 is 12.8 Å². The van der Waals surface area contributed by atoms with Gasteiger partial charge in [-0.15, -0.1) is 0 Å². The Bertz CT molecular complexity index is 230. The number of hydrogen-bond donors (Lipinski definition) is 1.